The highest BCUT2D eigenvalue weighted by molar-refractivity contribution is 6.31. The maximum absolute atomic E-state index is 12.7. The third-order valence-electron chi connectivity index (χ3n) is 4.89. The van der Waals surface area contributed by atoms with Crippen LogP contribution in [0.4, 0.5) is 0 Å². The molecule has 136 valence electrons. The minimum absolute atomic E-state index is 0.0605. The Balaban J connectivity index is 1.68. The molecule has 2 aromatic heterocycles. The fraction of sp³-hybridized carbons (Fsp3) is 0.444. The summed E-state index contributed by atoms with van der Waals surface area (Å²) in [7, 11) is 0. The van der Waals surface area contributed by atoms with E-state index in [1.54, 1.807) is 18.2 Å². The van der Waals surface area contributed by atoms with E-state index in [-0.39, 0.29) is 18.1 Å². The van der Waals surface area contributed by atoms with Crippen molar-refractivity contribution < 1.29 is 4.79 Å². The molecular weight excluding hydrogens is 354 g/mol. The number of fused-ring (bicyclic) bond motifs is 3. The van der Waals surface area contributed by atoms with Gasteiger partial charge < -0.3 is 4.90 Å². The smallest absolute Gasteiger partial charge is 0.341 e. The van der Waals surface area contributed by atoms with Crippen LogP contribution in [-0.4, -0.2) is 43.1 Å². The molecule has 0 bridgehead atoms. The normalized spacial score (nSPS) is 20.8. The van der Waals surface area contributed by atoms with Crippen LogP contribution in [0.3, 0.4) is 0 Å². The number of likely N-dealkylation sites (tertiary alicyclic amines) is 1. The predicted octanol–water partition coefficient (Wildman–Crippen LogP) is 2.20. The average molecular weight is 374 g/mol. The van der Waals surface area contributed by atoms with Crippen molar-refractivity contribution in [3.63, 3.8) is 0 Å². The Labute approximate surface area is 155 Å². The topological polar surface area (TPSA) is 72.5 Å². The molecular formula is C18H20ClN5O2. The maximum Gasteiger partial charge on any atom is 0.352 e. The Morgan fingerprint density at radius 2 is 2.00 bits per heavy atom. The predicted molar refractivity (Wildman–Crippen MR) is 99.3 cm³/mol. The van der Waals surface area contributed by atoms with Crippen LogP contribution < -0.4 is 5.69 Å². The molecule has 3 heterocycles. The Hall–Kier alpha value is -2.41. The van der Waals surface area contributed by atoms with Gasteiger partial charge >= 0.3 is 5.69 Å². The van der Waals surface area contributed by atoms with Crippen LogP contribution in [0.15, 0.2) is 29.3 Å². The summed E-state index contributed by atoms with van der Waals surface area (Å²) in [6, 6.07) is 5.24. The Morgan fingerprint density at radius 1 is 1.27 bits per heavy atom. The summed E-state index contributed by atoms with van der Waals surface area (Å²) in [5, 5.41) is 5.67. The number of aromatic nitrogens is 4. The summed E-state index contributed by atoms with van der Waals surface area (Å²) in [6.45, 7) is 5.70. The van der Waals surface area contributed by atoms with Crippen molar-refractivity contribution >= 4 is 34.1 Å². The van der Waals surface area contributed by atoms with E-state index in [1.807, 2.05) is 4.90 Å². The highest BCUT2D eigenvalue weighted by Gasteiger charge is 2.26. The minimum atomic E-state index is -0.365. The molecule has 1 saturated heterocycles. The van der Waals surface area contributed by atoms with Crippen LogP contribution in [0.25, 0.3) is 16.6 Å². The third-order valence-corrected chi connectivity index (χ3v) is 5.13. The molecule has 7 nitrogen and oxygen atoms in total. The van der Waals surface area contributed by atoms with Gasteiger partial charge in [0.25, 0.3) is 0 Å². The summed E-state index contributed by atoms with van der Waals surface area (Å²) in [5.41, 5.74) is 0.771. The number of halogens is 1. The molecule has 0 saturated carbocycles. The number of rotatable bonds is 2. The first-order valence-electron chi connectivity index (χ1n) is 8.73. The van der Waals surface area contributed by atoms with E-state index in [0.717, 1.165) is 24.9 Å². The lowest BCUT2D eigenvalue weighted by molar-refractivity contribution is -0.134. The van der Waals surface area contributed by atoms with Gasteiger partial charge in [0.2, 0.25) is 5.91 Å². The number of piperidine rings is 1. The molecule has 0 N–H and O–H groups in total. The molecule has 0 aliphatic carbocycles. The first-order valence-corrected chi connectivity index (χ1v) is 9.11. The van der Waals surface area contributed by atoms with Crippen LogP contribution in [0.1, 0.15) is 20.3 Å². The summed E-state index contributed by atoms with van der Waals surface area (Å²) >= 11 is 6.00. The standard InChI is InChI=1S/C18H20ClN5O2/c1-11-5-12(2)8-22(7-11)16(25)9-24-18(26)23-10-20-15-6-13(19)3-4-14(15)17(23)21-24/h3-4,6,10-12H,5,7-9H2,1-2H3/t11-,12+. The lowest BCUT2D eigenvalue weighted by Gasteiger charge is -2.34. The minimum Gasteiger partial charge on any atom is -0.341 e. The van der Waals surface area contributed by atoms with Gasteiger partial charge in [0.05, 0.1) is 5.52 Å². The molecule has 0 spiro atoms. The van der Waals surface area contributed by atoms with Crippen LogP contribution >= 0.6 is 11.6 Å². The first-order chi connectivity index (χ1) is 12.4. The SMILES string of the molecule is C[C@@H]1C[C@H](C)CN(C(=O)Cn2nc3c4ccc(Cl)cc4ncn3c2=O)C1. The number of carbonyl (C=O) groups excluding carboxylic acids is 1. The Kier molecular flexibility index (Phi) is 4.19. The molecule has 3 aromatic rings. The monoisotopic (exact) mass is 373 g/mol. The summed E-state index contributed by atoms with van der Waals surface area (Å²) in [5.74, 6) is 0.867. The zero-order valence-corrected chi connectivity index (χ0v) is 15.5. The summed E-state index contributed by atoms with van der Waals surface area (Å²) in [4.78, 5) is 31.4. The lowest BCUT2D eigenvalue weighted by Crippen LogP contribution is -2.45. The van der Waals surface area contributed by atoms with Gasteiger partial charge in [-0.15, -0.1) is 5.10 Å². The summed E-state index contributed by atoms with van der Waals surface area (Å²) in [6.07, 6.45) is 2.55. The highest BCUT2D eigenvalue weighted by Crippen LogP contribution is 2.22. The summed E-state index contributed by atoms with van der Waals surface area (Å²) < 4.78 is 2.59. The van der Waals surface area contributed by atoms with Crippen molar-refractivity contribution in [1.29, 1.82) is 0 Å². The first kappa shape index (κ1) is 17.0. The van der Waals surface area contributed by atoms with Crippen molar-refractivity contribution in [1.82, 2.24) is 24.1 Å². The number of amides is 1. The fourth-order valence-corrected chi connectivity index (χ4v) is 3.99. The van der Waals surface area contributed by atoms with E-state index in [1.165, 1.54) is 15.4 Å². The van der Waals surface area contributed by atoms with E-state index in [2.05, 4.69) is 23.9 Å². The van der Waals surface area contributed by atoms with Crippen molar-refractivity contribution in [3.8, 4) is 0 Å². The van der Waals surface area contributed by atoms with E-state index in [4.69, 9.17) is 11.6 Å². The number of hydrogen-bond donors (Lipinski definition) is 0. The molecule has 4 rings (SSSR count). The molecule has 8 heteroatoms. The molecule has 0 unspecified atom stereocenters. The number of benzene rings is 1. The van der Waals surface area contributed by atoms with Crippen molar-refractivity contribution in [2.75, 3.05) is 13.1 Å². The van der Waals surface area contributed by atoms with E-state index in [0.29, 0.717) is 28.0 Å². The van der Waals surface area contributed by atoms with Crippen molar-refractivity contribution in [2.45, 2.75) is 26.8 Å². The molecule has 1 aromatic carbocycles. The van der Waals surface area contributed by atoms with Gasteiger partial charge in [-0.05, 0) is 36.5 Å². The zero-order valence-electron chi connectivity index (χ0n) is 14.7. The largest absolute Gasteiger partial charge is 0.352 e. The number of hydrogen-bond acceptors (Lipinski definition) is 4. The van der Waals surface area contributed by atoms with Gasteiger partial charge in [0.15, 0.2) is 5.65 Å². The highest BCUT2D eigenvalue weighted by atomic mass is 35.5. The van der Waals surface area contributed by atoms with E-state index in [9.17, 15) is 9.59 Å². The molecule has 0 radical (unpaired) electrons. The molecule has 26 heavy (non-hydrogen) atoms. The van der Waals surface area contributed by atoms with E-state index < -0.39 is 0 Å². The second-order valence-corrected chi connectivity index (χ2v) is 7.72. The van der Waals surface area contributed by atoms with Gasteiger partial charge in [0.1, 0.15) is 12.9 Å². The van der Waals surface area contributed by atoms with Gasteiger partial charge in [-0.3, -0.25) is 4.79 Å². The van der Waals surface area contributed by atoms with Gasteiger partial charge in [0, 0.05) is 23.5 Å². The number of carbonyl (C=O) groups is 1. The van der Waals surface area contributed by atoms with Crippen molar-refractivity contribution in [3.05, 3.63) is 40.0 Å². The second kappa shape index (κ2) is 6.39. The molecule has 1 aliphatic heterocycles. The third kappa shape index (κ3) is 2.96. The van der Waals surface area contributed by atoms with E-state index >= 15 is 0 Å². The Morgan fingerprint density at radius 3 is 2.73 bits per heavy atom. The number of nitrogens with zero attached hydrogens (tertiary/aromatic N) is 5. The van der Waals surface area contributed by atoms with Crippen LogP contribution in [-0.2, 0) is 11.3 Å². The lowest BCUT2D eigenvalue weighted by atomic mass is 9.92. The van der Waals surface area contributed by atoms with Crippen LogP contribution in [0.2, 0.25) is 5.02 Å². The van der Waals surface area contributed by atoms with Gasteiger partial charge in [-0.1, -0.05) is 25.4 Å². The molecule has 1 aliphatic rings. The zero-order chi connectivity index (χ0) is 18.4. The molecule has 2 atom stereocenters. The van der Waals surface area contributed by atoms with Gasteiger partial charge in [-0.2, -0.15) is 0 Å². The Bertz CT molecular complexity index is 1050. The molecule has 1 fully saturated rings. The second-order valence-electron chi connectivity index (χ2n) is 7.28. The van der Waals surface area contributed by atoms with Crippen molar-refractivity contribution in [2.24, 2.45) is 11.8 Å². The quantitative estimate of drug-likeness (QED) is 0.690. The molecule has 1 amide bonds. The van der Waals surface area contributed by atoms with Gasteiger partial charge in [-0.25, -0.2) is 18.9 Å². The fourth-order valence-electron chi connectivity index (χ4n) is 3.83. The average Bonchev–Trinajstić information content (AvgIpc) is 2.90. The van der Waals surface area contributed by atoms with Crippen LogP contribution in [0.5, 0.6) is 0 Å². The van der Waals surface area contributed by atoms with Crippen LogP contribution in [0, 0.1) is 11.8 Å². The maximum atomic E-state index is 12.7.